The molecule has 3 amide bonds. The highest BCUT2D eigenvalue weighted by molar-refractivity contribution is 7.09. The number of aromatic nitrogens is 1. The Hall–Kier alpha value is -3.51. The lowest BCUT2D eigenvalue weighted by Gasteiger charge is -2.35. The molecule has 0 spiro atoms. The number of thiazole rings is 1. The number of hydrogen-bond acceptors (Lipinski definition) is 9. The molecule has 2 aromatic rings. The second kappa shape index (κ2) is 18.7. The molecule has 0 aliphatic carbocycles. The number of rotatable bonds is 17. The lowest BCUT2D eigenvalue weighted by molar-refractivity contribution is -0.147. The highest BCUT2D eigenvalue weighted by Crippen LogP contribution is 2.28. The number of carbonyl (C=O) groups excluding carboxylic acids is 4. The van der Waals surface area contributed by atoms with E-state index in [-0.39, 0.29) is 48.6 Å². The third kappa shape index (κ3) is 13.3. The highest BCUT2D eigenvalue weighted by atomic mass is 32.1. The maximum Gasteiger partial charge on any atom is 0.408 e. The van der Waals surface area contributed by atoms with Crippen molar-refractivity contribution >= 4 is 35.2 Å². The number of carbonyl (C=O) groups is 4. The number of ether oxygens (including phenoxy) is 2. The van der Waals surface area contributed by atoms with Crippen molar-refractivity contribution in [2.75, 3.05) is 13.7 Å². The van der Waals surface area contributed by atoms with Gasteiger partial charge in [0.2, 0.25) is 5.91 Å². The summed E-state index contributed by atoms with van der Waals surface area (Å²) in [6, 6.07) is 8.20. The maximum absolute atomic E-state index is 13.6. The van der Waals surface area contributed by atoms with E-state index in [4.69, 9.17) is 9.47 Å². The van der Waals surface area contributed by atoms with Gasteiger partial charge in [-0.1, -0.05) is 64.4 Å². The summed E-state index contributed by atoms with van der Waals surface area (Å²) in [4.78, 5) is 57.7. The van der Waals surface area contributed by atoms with Crippen LogP contribution in [0.5, 0.6) is 0 Å². The van der Waals surface area contributed by atoms with E-state index in [1.165, 1.54) is 11.3 Å². The predicted octanol–water partition coefficient (Wildman–Crippen LogP) is 5.67. The van der Waals surface area contributed by atoms with Crippen LogP contribution in [0.2, 0.25) is 0 Å². The van der Waals surface area contributed by atoms with Crippen molar-refractivity contribution in [1.82, 2.24) is 20.5 Å². The Kier molecular flexibility index (Phi) is 15.8. The largest absolute Gasteiger partial charge is 0.466 e. The first kappa shape index (κ1) is 39.7. The molecule has 0 bridgehead atoms. The smallest absolute Gasteiger partial charge is 0.408 e. The molecule has 5 atom stereocenters. The Bertz CT molecular complexity index is 1290. The van der Waals surface area contributed by atoms with E-state index < -0.39 is 35.7 Å². The number of aliphatic hydroxyl groups is 1. The van der Waals surface area contributed by atoms with E-state index >= 15 is 0 Å². The summed E-state index contributed by atoms with van der Waals surface area (Å²) in [5.41, 5.74) is 0.485. The third-order valence-electron chi connectivity index (χ3n) is 7.67. The van der Waals surface area contributed by atoms with Crippen LogP contribution in [-0.4, -0.2) is 76.2 Å². The number of aliphatic hydroxyl groups excluding tert-OH is 1. The Morgan fingerprint density at radius 3 is 2.26 bits per heavy atom. The first-order valence-electron chi connectivity index (χ1n) is 16.5. The zero-order chi connectivity index (χ0) is 35.3. The minimum Gasteiger partial charge on any atom is -0.466 e. The third-order valence-corrected chi connectivity index (χ3v) is 8.62. The van der Waals surface area contributed by atoms with Gasteiger partial charge in [-0.2, -0.15) is 0 Å². The average molecular weight is 675 g/mol. The van der Waals surface area contributed by atoms with Crippen LogP contribution in [0.25, 0.3) is 0 Å². The molecule has 0 saturated heterocycles. The molecule has 1 heterocycles. The van der Waals surface area contributed by atoms with Gasteiger partial charge in [0.05, 0.1) is 12.5 Å². The molecule has 0 fully saturated rings. The van der Waals surface area contributed by atoms with Gasteiger partial charge in [-0.3, -0.25) is 14.4 Å². The van der Waals surface area contributed by atoms with Gasteiger partial charge < -0.3 is 30.1 Å². The quantitative estimate of drug-likeness (QED) is 0.182. The molecule has 1 aromatic carbocycles. The van der Waals surface area contributed by atoms with Crippen molar-refractivity contribution in [2.45, 2.75) is 117 Å². The van der Waals surface area contributed by atoms with E-state index in [0.29, 0.717) is 30.7 Å². The van der Waals surface area contributed by atoms with Crippen molar-refractivity contribution in [3.05, 3.63) is 52.0 Å². The second-order valence-electron chi connectivity index (χ2n) is 13.3. The molecule has 0 aliphatic heterocycles. The van der Waals surface area contributed by atoms with E-state index in [0.717, 1.165) is 5.56 Å². The van der Waals surface area contributed by atoms with Crippen LogP contribution in [0.1, 0.15) is 108 Å². The minimum atomic E-state index is -1.03. The minimum absolute atomic E-state index is 0.0229. The van der Waals surface area contributed by atoms with Gasteiger partial charge in [0, 0.05) is 30.9 Å². The Labute approximate surface area is 283 Å². The zero-order valence-electron chi connectivity index (χ0n) is 29.4. The highest BCUT2D eigenvalue weighted by Gasteiger charge is 2.33. The maximum atomic E-state index is 13.6. The summed E-state index contributed by atoms with van der Waals surface area (Å²) in [6.07, 6.45) is 0.515. The molecule has 1 aromatic heterocycles. The number of benzene rings is 1. The number of likely N-dealkylation sites (N-methyl/N-ethyl adjacent to an activating group) is 1. The number of alkyl carbamates (subject to hydrolysis) is 1. The van der Waals surface area contributed by atoms with Gasteiger partial charge in [-0.15, -0.1) is 11.3 Å². The molecule has 0 unspecified atom stereocenters. The topological polar surface area (TPSA) is 147 Å². The van der Waals surface area contributed by atoms with Crippen LogP contribution in [0.4, 0.5) is 4.79 Å². The van der Waals surface area contributed by atoms with E-state index in [2.05, 4.69) is 15.6 Å². The van der Waals surface area contributed by atoms with Gasteiger partial charge in [0.15, 0.2) is 0 Å². The summed E-state index contributed by atoms with van der Waals surface area (Å²) in [7, 11) is 1.67. The fourth-order valence-electron chi connectivity index (χ4n) is 5.32. The van der Waals surface area contributed by atoms with Gasteiger partial charge >= 0.3 is 12.1 Å². The van der Waals surface area contributed by atoms with Gasteiger partial charge in [0.25, 0.3) is 5.91 Å². The molecule has 0 saturated carbocycles. The standard InChI is InChI=1S/C35H54N4O7S/c1-10-15-26(38-34(44)46-35(6,7)8)32(42)39(9)28(22(3)4)20-29(40)31-37-27(21-47-31)30(41)36-25(18-23(5)33(43)45-11-2)19-24-16-13-12-14-17-24/h12-14,16-17,21-23,25-26,28-29,40H,10-11,15,18-20H2,1-9H3,(H,36,41)(H,38,44)/t23-,25+,26-,28+,29+/m0/s1. The molecule has 262 valence electrons. The molecule has 0 radical (unpaired) electrons. The number of amides is 3. The molecule has 12 heteroatoms. The van der Waals surface area contributed by atoms with Crippen molar-refractivity contribution in [3.63, 3.8) is 0 Å². The zero-order valence-corrected chi connectivity index (χ0v) is 30.2. The van der Waals surface area contributed by atoms with Gasteiger partial charge in [-0.05, 0) is 58.4 Å². The van der Waals surface area contributed by atoms with Crippen LogP contribution in [-0.2, 0) is 25.5 Å². The molecular weight excluding hydrogens is 620 g/mol. The number of esters is 1. The first-order chi connectivity index (χ1) is 22.1. The second-order valence-corrected chi connectivity index (χ2v) is 14.2. The van der Waals surface area contributed by atoms with Crippen molar-refractivity contribution in [2.24, 2.45) is 11.8 Å². The fraction of sp³-hybridized carbons (Fsp3) is 0.629. The Morgan fingerprint density at radius 1 is 1.02 bits per heavy atom. The number of nitrogens with zero attached hydrogens (tertiary/aromatic N) is 2. The SMILES string of the molecule is CCC[C@H](NC(=O)OC(C)(C)C)C(=O)N(C)[C@H](C[C@@H](O)c1nc(C(=O)N[C@@H](Cc2ccccc2)C[C@H](C)C(=O)OCC)cs1)C(C)C. The summed E-state index contributed by atoms with van der Waals surface area (Å²) in [6.45, 7) is 15.0. The van der Waals surface area contributed by atoms with E-state index in [9.17, 15) is 24.3 Å². The predicted molar refractivity (Wildman–Crippen MR) is 183 cm³/mol. The van der Waals surface area contributed by atoms with Crippen molar-refractivity contribution < 1.29 is 33.8 Å². The van der Waals surface area contributed by atoms with Gasteiger partial charge in [-0.25, -0.2) is 9.78 Å². The molecule has 0 aliphatic rings. The Balaban J connectivity index is 2.15. The van der Waals surface area contributed by atoms with E-state index in [1.54, 1.807) is 51.9 Å². The van der Waals surface area contributed by atoms with Crippen LogP contribution in [0.15, 0.2) is 35.7 Å². The van der Waals surface area contributed by atoms with Crippen molar-refractivity contribution in [1.29, 1.82) is 0 Å². The monoisotopic (exact) mass is 674 g/mol. The lowest BCUT2D eigenvalue weighted by Crippen LogP contribution is -2.52. The summed E-state index contributed by atoms with van der Waals surface area (Å²) >= 11 is 1.17. The van der Waals surface area contributed by atoms with Gasteiger partial charge in [0.1, 0.15) is 28.4 Å². The fourth-order valence-corrected chi connectivity index (χ4v) is 6.11. The first-order valence-corrected chi connectivity index (χ1v) is 17.3. The lowest BCUT2D eigenvalue weighted by atomic mass is 9.95. The summed E-state index contributed by atoms with van der Waals surface area (Å²) < 4.78 is 10.5. The summed E-state index contributed by atoms with van der Waals surface area (Å²) in [5.74, 6) is -1.43. The van der Waals surface area contributed by atoms with Crippen molar-refractivity contribution in [3.8, 4) is 0 Å². The van der Waals surface area contributed by atoms with Crippen LogP contribution in [0.3, 0.4) is 0 Å². The Morgan fingerprint density at radius 2 is 1.68 bits per heavy atom. The molecule has 11 nitrogen and oxygen atoms in total. The van der Waals surface area contributed by atoms with Crippen LogP contribution >= 0.6 is 11.3 Å². The van der Waals surface area contributed by atoms with Crippen LogP contribution < -0.4 is 10.6 Å². The number of nitrogens with one attached hydrogen (secondary N) is 2. The van der Waals surface area contributed by atoms with Crippen LogP contribution in [0, 0.1) is 11.8 Å². The molecule has 2 rings (SSSR count). The number of hydrogen-bond donors (Lipinski definition) is 3. The molecule has 47 heavy (non-hydrogen) atoms. The average Bonchev–Trinajstić information content (AvgIpc) is 3.49. The molecular formula is C35H54N4O7S. The summed E-state index contributed by atoms with van der Waals surface area (Å²) in [5, 5.41) is 18.9. The molecule has 3 N–H and O–H groups in total. The van der Waals surface area contributed by atoms with E-state index in [1.807, 2.05) is 51.1 Å². The normalized spacial score (nSPS) is 14.8.